The SMILES string of the molecule is C#CCONC(=O)c1n[nH]c(C)n1. The van der Waals surface area contributed by atoms with E-state index in [9.17, 15) is 4.79 Å². The van der Waals surface area contributed by atoms with E-state index in [4.69, 9.17) is 6.42 Å². The highest BCUT2D eigenvalue weighted by Crippen LogP contribution is 1.89. The van der Waals surface area contributed by atoms with E-state index in [2.05, 4.69) is 31.4 Å². The summed E-state index contributed by atoms with van der Waals surface area (Å²) in [5.41, 5.74) is 2.09. The van der Waals surface area contributed by atoms with Crippen molar-refractivity contribution >= 4 is 5.91 Å². The molecule has 0 saturated carbocycles. The van der Waals surface area contributed by atoms with E-state index in [0.717, 1.165) is 0 Å². The number of carbonyl (C=O) groups excluding carboxylic acids is 1. The topological polar surface area (TPSA) is 79.9 Å². The first kappa shape index (κ1) is 9.22. The van der Waals surface area contributed by atoms with E-state index in [1.54, 1.807) is 6.92 Å². The molecular weight excluding hydrogens is 172 g/mol. The van der Waals surface area contributed by atoms with Gasteiger partial charge in [-0.1, -0.05) is 5.92 Å². The second-order valence-electron chi connectivity index (χ2n) is 2.17. The van der Waals surface area contributed by atoms with Gasteiger partial charge in [0.05, 0.1) is 0 Å². The molecule has 0 saturated heterocycles. The molecule has 1 heterocycles. The Balaban J connectivity index is 2.45. The fourth-order valence-corrected chi connectivity index (χ4v) is 0.633. The van der Waals surface area contributed by atoms with E-state index in [1.165, 1.54) is 0 Å². The summed E-state index contributed by atoms with van der Waals surface area (Å²) >= 11 is 0. The number of H-pyrrole nitrogens is 1. The number of terminal acetylenes is 1. The van der Waals surface area contributed by atoms with Gasteiger partial charge in [-0.2, -0.15) is 0 Å². The predicted octanol–water partition coefficient (Wildman–Crippen LogP) is -0.592. The van der Waals surface area contributed by atoms with Crippen molar-refractivity contribution in [3.63, 3.8) is 0 Å². The Morgan fingerprint density at radius 2 is 2.62 bits per heavy atom. The highest BCUT2D eigenvalue weighted by Gasteiger charge is 2.09. The van der Waals surface area contributed by atoms with Crippen LogP contribution in [0.15, 0.2) is 0 Å². The summed E-state index contributed by atoms with van der Waals surface area (Å²) in [5.74, 6) is 2.25. The van der Waals surface area contributed by atoms with E-state index >= 15 is 0 Å². The Bertz CT molecular complexity index is 339. The van der Waals surface area contributed by atoms with Crippen molar-refractivity contribution in [2.75, 3.05) is 6.61 Å². The van der Waals surface area contributed by atoms with Crippen molar-refractivity contribution in [2.45, 2.75) is 6.92 Å². The number of aryl methyl sites for hydroxylation is 1. The summed E-state index contributed by atoms with van der Waals surface area (Å²) in [7, 11) is 0. The molecule has 0 aliphatic carbocycles. The second kappa shape index (κ2) is 4.23. The van der Waals surface area contributed by atoms with Crippen LogP contribution in [0.5, 0.6) is 0 Å². The Hall–Kier alpha value is -1.87. The van der Waals surface area contributed by atoms with Crippen LogP contribution in [-0.2, 0) is 4.84 Å². The maximum absolute atomic E-state index is 11.1. The molecule has 2 N–H and O–H groups in total. The molecule has 0 aliphatic rings. The molecule has 1 aromatic heterocycles. The summed E-state index contributed by atoms with van der Waals surface area (Å²) in [6.07, 6.45) is 4.89. The molecule has 68 valence electrons. The molecule has 0 atom stereocenters. The lowest BCUT2D eigenvalue weighted by Gasteiger charge is -1.97. The van der Waals surface area contributed by atoms with Crippen LogP contribution in [-0.4, -0.2) is 27.7 Å². The minimum absolute atomic E-state index is 0.00907. The van der Waals surface area contributed by atoms with Crippen molar-refractivity contribution in [3.05, 3.63) is 11.6 Å². The normalized spacial score (nSPS) is 9.23. The average molecular weight is 180 g/mol. The highest BCUT2D eigenvalue weighted by molar-refractivity contribution is 5.89. The van der Waals surface area contributed by atoms with Crippen LogP contribution in [0.1, 0.15) is 16.4 Å². The van der Waals surface area contributed by atoms with E-state index in [0.29, 0.717) is 5.82 Å². The highest BCUT2D eigenvalue weighted by atomic mass is 16.6. The zero-order valence-corrected chi connectivity index (χ0v) is 7.00. The van der Waals surface area contributed by atoms with Gasteiger partial charge >= 0.3 is 5.91 Å². The van der Waals surface area contributed by atoms with Gasteiger partial charge < -0.3 is 0 Å². The van der Waals surface area contributed by atoms with Gasteiger partial charge in [0.25, 0.3) is 0 Å². The van der Waals surface area contributed by atoms with E-state index < -0.39 is 5.91 Å². The lowest BCUT2D eigenvalue weighted by atomic mass is 10.6. The first-order chi connectivity index (χ1) is 6.24. The molecule has 0 fully saturated rings. The lowest BCUT2D eigenvalue weighted by Crippen LogP contribution is -2.25. The van der Waals surface area contributed by atoms with Gasteiger partial charge in [-0.25, -0.2) is 10.5 Å². The predicted molar refractivity (Wildman–Crippen MR) is 43.4 cm³/mol. The van der Waals surface area contributed by atoms with Crippen LogP contribution in [0, 0.1) is 19.3 Å². The van der Waals surface area contributed by atoms with Gasteiger partial charge in [-0.15, -0.1) is 11.5 Å². The fraction of sp³-hybridized carbons (Fsp3) is 0.286. The third-order valence-electron chi connectivity index (χ3n) is 1.12. The second-order valence-corrected chi connectivity index (χ2v) is 2.17. The van der Waals surface area contributed by atoms with Gasteiger partial charge in [0.1, 0.15) is 12.4 Å². The first-order valence-electron chi connectivity index (χ1n) is 3.48. The quantitative estimate of drug-likeness (QED) is 0.370. The van der Waals surface area contributed by atoms with Crippen molar-refractivity contribution < 1.29 is 9.63 Å². The molecule has 1 amide bonds. The van der Waals surface area contributed by atoms with Crippen LogP contribution in [0.25, 0.3) is 0 Å². The number of carbonyl (C=O) groups is 1. The van der Waals surface area contributed by atoms with Gasteiger partial charge in [0.2, 0.25) is 5.82 Å². The minimum Gasteiger partial charge on any atom is -0.263 e. The number of rotatable bonds is 3. The van der Waals surface area contributed by atoms with Crippen molar-refractivity contribution in [3.8, 4) is 12.3 Å². The van der Waals surface area contributed by atoms with Gasteiger partial charge in [0, 0.05) is 0 Å². The number of aromatic amines is 1. The van der Waals surface area contributed by atoms with Crippen LogP contribution in [0.4, 0.5) is 0 Å². The molecule has 6 heteroatoms. The Kier molecular flexibility index (Phi) is 3.00. The van der Waals surface area contributed by atoms with Gasteiger partial charge in [-0.05, 0) is 6.92 Å². The molecule has 1 rings (SSSR count). The van der Waals surface area contributed by atoms with Crippen LogP contribution < -0.4 is 5.48 Å². The summed E-state index contributed by atoms with van der Waals surface area (Å²) in [5, 5.41) is 6.14. The number of amides is 1. The summed E-state index contributed by atoms with van der Waals surface area (Å²) in [6, 6.07) is 0. The number of aromatic nitrogens is 3. The number of nitrogens with zero attached hydrogens (tertiary/aromatic N) is 2. The summed E-state index contributed by atoms with van der Waals surface area (Å²) < 4.78 is 0. The maximum atomic E-state index is 11.1. The number of nitrogens with one attached hydrogen (secondary N) is 2. The smallest absolute Gasteiger partial charge is 0.263 e. The molecule has 0 unspecified atom stereocenters. The number of hydrogen-bond donors (Lipinski definition) is 2. The molecule has 1 aromatic rings. The third-order valence-corrected chi connectivity index (χ3v) is 1.12. The molecule has 0 aliphatic heterocycles. The van der Waals surface area contributed by atoms with E-state index in [-0.39, 0.29) is 12.4 Å². The molecule has 0 aromatic carbocycles. The third kappa shape index (κ3) is 2.57. The molecule has 0 radical (unpaired) electrons. The van der Waals surface area contributed by atoms with Gasteiger partial charge in [0.15, 0.2) is 0 Å². The van der Waals surface area contributed by atoms with Crippen LogP contribution >= 0.6 is 0 Å². The first-order valence-corrected chi connectivity index (χ1v) is 3.48. The Morgan fingerprint density at radius 3 is 3.15 bits per heavy atom. The standard InChI is InChI=1S/C7H8N4O2/c1-3-4-13-11-7(12)6-8-5(2)9-10-6/h1H,4H2,2H3,(H,11,12)(H,8,9,10). The molecule has 0 spiro atoms. The number of hydrogen-bond acceptors (Lipinski definition) is 4. The zero-order chi connectivity index (χ0) is 9.68. The van der Waals surface area contributed by atoms with Gasteiger partial charge in [-0.3, -0.25) is 14.7 Å². The fourth-order valence-electron chi connectivity index (χ4n) is 0.633. The number of hydroxylamine groups is 1. The molecular formula is C7H8N4O2. The van der Waals surface area contributed by atoms with Crippen molar-refractivity contribution in [2.24, 2.45) is 0 Å². The van der Waals surface area contributed by atoms with Crippen molar-refractivity contribution in [1.82, 2.24) is 20.7 Å². The molecule has 6 nitrogen and oxygen atoms in total. The van der Waals surface area contributed by atoms with E-state index in [1.807, 2.05) is 0 Å². The van der Waals surface area contributed by atoms with Crippen molar-refractivity contribution in [1.29, 1.82) is 0 Å². The molecule has 13 heavy (non-hydrogen) atoms. The summed E-state index contributed by atoms with van der Waals surface area (Å²) in [6.45, 7) is 1.70. The Morgan fingerprint density at radius 1 is 1.85 bits per heavy atom. The Labute approximate surface area is 74.7 Å². The van der Waals surface area contributed by atoms with Crippen LogP contribution in [0.3, 0.4) is 0 Å². The lowest BCUT2D eigenvalue weighted by molar-refractivity contribution is 0.0428. The maximum Gasteiger partial charge on any atom is 0.314 e. The summed E-state index contributed by atoms with van der Waals surface area (Å²) in [4.78, 5) is 19.4. The average Bonchev–Trinajstić information content (AvgIpc) is 2.52. The minimum atomic E-state index is -0.528. The van der Waals surface area contributed by atoms with Crippen LogP contribution in [0.2, 0.25) is 0 Å². The monoisotopic (exact) mass is 180 g/mol. The molecule has 0 bridgehead atoms. The largest absolute Gasteiger partial charge is 0.314 e. The zero-order valence-electron chi connectivity index (χ0n) is 7.00.